The van der Waals surface area contributed by atoms with E-state index in [1.54, 1.807) is 12.1 Å². The summed E-state index contributed by atoms with van der Waals surface area (Å²) in [6.07, 6.45) is 3.20. The molecule has 2 rings (SSSR count). The van der Waals surface area contributed by atoms with Crippen LogP contribution in [0.15, 0.2) is 24.3 Å². The van der Waals surface area contributed by atoms with Crippen LogP contribution < -0.4 is 10.6 Å². The number of amides is 2. The lowest BCUT2D eigenvalue weighted by atomic mass is 9.87. The summed E-state index contributed by atoms with van der Waals surface area (Å²) in [7, 11) is 0. The number of hydrogen-bond acceptors (Lipinski definition) is 2. The van der Waals surface area contributed by atoms with Gasteiger partial charge in [-0.1, -0.05) is 26.0 Å². The van der Waals surface area contributed by atoms with E-state index in [0.717, 1.165) is 24.8 Å². The normalized spacial score (nSPS) is 15.3. The van der Waals surface area contributed by atoms with E-state index >= 15 is 0 Å². The van der Waals surface area contributed by atoms with Crippen molar-refractivity contribution in [3.8, 4) is 0 Å². The summed E-state index contributed by atoms with van der Waals surface area (Å²) in [4.78, 5) is 23.7. The Labute approximate surface area is 136 Å². The Balaban J connectivity index is 1.86. The van der Waals surface area contributed by atoms with Crippen LogP contribution >= 0.6 is 0 Å². The number of hydrogen-bond donors (Lipinski definition) is 2. The summed E-state index contributed by atoms with van der Waals surface area (Å²) in [5.41, 5.74) is 0.956. The molecule has 0 bridgehead atoms. The standard InChI is InChI=1S/C18H25FN2O2/c1-12(2)9-14(13-3-5-15(19)6-4-13)10-17(22)20-11-18(23)21-16-7-8-16/h3-6,12,14,16H,7-11H2,1-2H3,(H,20,22)(H,21,23). The lowest BCUT2D eigenvalue weighted by molar-refractivity contribution is -0.126. The molecular formula is C18H25FN2O2. The van der Waals surface area contributed by atoms with Crippen molar-refractivity contribution in [3.05, 3.63) is 35.6 Å². The largest absolute Gasteiger partial charge is 0.352 e. The Bertz CT molecular complexity index is 538. The van der Waals surface area contributed by atoms with Gasteiger partial charge in [0.25, 0.3) is 0 Å². The van der Waals surface area contributed by atoms with Crippen LogP contribution in [-0.4, -0.2) is 24.4 Å². The van der Waals surface area contributed by atoms with E-state index in [1.165, 1.54) is 12.1 Å². The maximum absolute atomic E-state index is 13.1. The molecule has 0 aliphatic heterocycles. The predicted octanol–water partition coefficient (Wildman–Crippen LogP) is 2.74. The fourth-order valence-electron chi connectivity index (χ4n) is 2.62. The molecule has 1 aromatic rings. The summed E-state index contributed by atoms with van der Waals surface area (Å²) >= 11 is 0. The molecule has 1 aliphatic rings. The van der Waals surface area contributed by atoms with Gasteiger partial charge in [-0.25, -0.2) is 4.39 Å². The number of halogens is 1. The van der Waals surface area contributed by atoms with E-state index < -0.39 is 0 Å². The van der Waals surface area contributed by atoms with Gasteiger partial charge in [0.1, 0.15) is 5.82 Å². The monoisotopic (exact) mass is 320 g/mol. The second-order valence-corrected chi connectivity index (χ2v) is 6.70. The molecule has 0 radical (unpaired) electrons. The number of rotatable bonds is 8. The predicted molar refractivity (Wildman–Crippen MR) is 87.4 cm³/mol. The molecule has 0 heterocycles. The van der Waals surface area contributed by atoms with Gasteiger partial charge in [0.2, 0.25) is 11.8 Å². The lowest BCUT2D eigenvalue weighted by Crippen LogP contribution is -2.38. The average molecular weight is 320 g/mol. The molecular weight excluding hydrogens is 295 g/mol. The smallest absolute Gasteiger partial charge is 0.239 e. The van der Waals surface area contributed by atoms with Crippen LogP contribution in [-0.2, 0) is 9.59 Å². The minimum absolute atomic E-state index is 0.0210. The molecule has 126 valence electrons. The van der Waals surface area contributed by atoms with Gasteiger partial charge in [-0.15, -0.1) is 0 Å². The topological polar surface area (TPSA) is 58.2 Å². The molecule has 0 saturated heterocycles. The molecule has 0 aromatic heterocycles. The molecule has 1 fully saturated rings. The van der Waals surface area contributed by atoms with Crippen LogP contribution in [0.3, 0.4) is 0 Å². The summed E-state index contributed by atoms with van der Waals surface area (Å²) in [5, 5.41) is 5.51. The Hall–Kier alpha value is -1.91. The highest BCUT2D eigenvalue weighted by molar-refractivity contribution is 5.85. The van der Waals surface area contributed by atoms with Gasteiger partial charge in [0, 0.05) is 12.5 Å². The zero-order chi connectivity index (χ0) is 16.8. The number of benzene rings is 1. The molecule has 23 heavy (non-hydrogen) atoms. The third-order valence-electron chi connectivity index (χ3n) is 3.92. The van der Waals surface area contributed by atoms with Crippen molar-refractivity contribution in [3.63, 3.8) is 0 Å². The molecule has 1 unspecified atom stereocenters. The van der Waals surface area contributed by atoms with E-state index in [9.17, 15) is 14.0 Å². The molecule has 1 saturated carbocycles. The van der Waals surface area contributed by atoms with Crippen LogP contribution in [0.25, 0.3) is 0 Å². The third kappa shape index (κ3) is 6.38. The first kappa shape index (κ1) is 17.4. The Kier molecular flexibility index (Phi) is 6.13. The van der Waals surface area contributed by atoms with Gasteiger partial charge in [-0.3, -0.25) is 9.59 Å². The summed E-state index contributed by atoms with van der Waals surface area (Å²) in [6.45, 7) is 4.21. The second-order valence-electron chi connectivity index (χ2n) is 6.70. The maximum Gasteiger partial charge on any atom is 0.239 e. The van der Waals surface area contributed by atoms with Crippen molar-refractivity contribution < 1.29 is 14.0 Å². The minimum Gasteiger partial charge on any atom is -0.352 e. The molecule has 1 aromatic carbocycles. The molecule has 5 heteroatoms. The molecule has 4 nitrogen and oxygen atoms in total. The van der Waals surface area contributed by atoms with Crippen LogP contribution in [0.4, 0.5) is 4.39 Å². The van der Waals surface area contributed by atoms with Crippen LogP contribution in [0.2, 0.25) is 0 Å². The van der Waals surface area contributed by atoms with Crippen LogP contribution in [0, 0.1) is 11.7 Å². The average Bonchev–Trinajstić information content (AvgIpc) is 3.29. The lowest BCUT2D eigenvalue weighted by Gasteiger charge is -2.19. The first-order chi connectivity index (χ1) is 10.9. The highest BCUT2D eigenvalue weighted by atomic mass is 19.1. The van der Waals surface area contributed by atoms with E-state index in [2.05, 4.69) is 24.5 Å². The highest BCUT2D eigenvalue weighted by Crippen LogP contribution is 2.27. The van der Waals surface area contributed by atoms with Crippen LogP contribution in [0.1, 0.15) is 51.0 Å². The number of nitrogens with one attached hydrogen (secondary N) is 2. The SMILES string of the molecule is CC(C)CC(CC(=O)NCC(=O)NC1CC1)c1ccc(F)cc1. The minimum atomic E-state index is -0.279. The van der Waals surface area contributed by atoms with Gasteiger partial charge in [-0.05, 0) is 48.8 Å². The maximum atomic E-state index is 13.1. The van der Waals surface area contributed by atoms with Crippen molar-refractivity contribution >= 4 is 11.8 Å². The Morgan fingerprint density at radius 3 is 2.39 bits per heavy atom. The zero-order valence-electron chi connectivity index (χ0n) is 13.8. The fraction of sp³-hybridized carbons (Fsp3) is 0.556. The Morgan fingerprint density at radius 2 is 1.83 bits per heavy atom. The number of carbonyl (C=O) groups is 2. The molecule has 0 spiro atoms. The summed E-state index contributed by atoms with van der Waals surface area (Å²) in [5.74, 6) is -0.106. The first-order valence-corrected chi connectivity index (χ1v) is 8.25. The zero-order valence-corrected chi connectivity index (χ0v) is 13.8. The van der Waals surface area contributed by atoms with E-state index in [1.807, 2.05) is 0 Å². The summed E-state index contributed by atoms with van der Waals surface area (Å²) < 4.78 is 13.1. The molecule has 1 atom stereocenters. The van der Waals surface area contributed by atoms with Crippen molar-refractivity contribution in [2.45, 2.75) is 51.5 Å². The van der Waals surface area contributed by atoms with Crippen molar-refractivity contribution in [2.75, 3.05) is 6.54 Å². The second kappa shape index (κ2) is 8.09. The molecule has 2 amide bonds. The molecule has 2 N–H and O–H groups in total. The Morgan fingerprint density at radius 1 is 1.17 bits per heavy atom. The van der Waals surface area contributed by atoms with Gasteiger partial charge in [0.05, 0.1) is 6.54 Å². The van der Waals surface area contributed by atoms with E-state index in [4.69, 9.17) is 0 Å². The fourth-order valence-corrected chi connectivity index (χ4v) is 2.62. The van der Waals surface area contributed by atoms with E-state index in [-0.39, 0.29) is 30.1 Å². The third-order valence-corrected chi connectivity index (χ3v) is 3.92. The van der Waals surface area contributed by atoms with Gasteiger partial charge < -0.3 is 10.6 Å². The number of carbonyl (C=O) groups excluding carboxylic acids is 2. The van der Waals surface area contributed by atoms with Crippen molar-refractivity contribution in [1.82, 2.24) is 10.6 Å². The van der Waals surface area contributed by atoms with Crippen molar-refractivity contribution in [2.24, 2.45) is 5.92 Å². The van der Waals surface area contributed by atoms with Gasteiger partial charge in [0.15, 0.2) is 0 Å². The van der Waals surface area contributed by atoms with Gasteiger partial charge >= 0.3 is 0 Å². The highest BCUT2D eigenvalue weighted by Gasteiger charge is 2.23. The van der Waals surface area contributed by atoms with E-state index in [0.29, 0.717) is 18.4 Å². The van der Waals surface area contributed by atoms with Crippen LogP contribution in [0.5, 0.6) is 0 Å². The first-order valence-electron chi connectivity index (χ1n) is 8.25. The van der Waals surface area contributed by atoms with Gasteiger partial charge in [-0.2, -0.15) is 0 Å². The molecule has 1 aliphatic carbocycles. The quantitative estimate of drug-likeness (QED) is 0.774. The van der Waals surface area contributed by atoms with Crippen molar-refractivity contribution in [1.29, 1.82) is 0 Å². The summed E-state index contributed by atoms with van der Waals surface area (Å²) in [6, 6.07) is 6.60.